The van der Waals surface area contributed by atoms with Gasteiger partial charge in [-0.3, -0.25) is 0 Å². The van der Waals surface area contributed by atoms with Crippen LogP contribution in [0.2, 0.25) is 0 Å². The fourth-order valence-electron chi connectivity index (χ4n) is 2.52. The minimum absolute atomic E-state index is 0.585. The zero-order chi connectivity index (χ0) is 13.2. The molecule has 0 aliphatic heterocycles. The molecule has 0 fully saturated rings. The molecule has 0 saturated heterocycles. The highest BCUT2D eigenvalue weighted by atomic mass is 15.1. The predicted octanol–water partition coefficient (Wildman–Crippen LogP) is 2.31. The van der Waals surface area contributed by atoms with E-state index < -0.39 is 0 Å². The summed E-state index contributed by atoms with van der Waals surface area (Å²) in [6, 6.07) is 8.46. The van der Waals surface area contributed by atoms with Gasteiger partial charge in [-0.05, 0) is 24.6 Å². The largest absolute Gasteiger partial charge is 0.346 e. The lowest BCUT2D eigenvalue weighted by atomic mass is 10.1. The van der Waals surface area contributed by atoms with E-state index in [1.165, 1.54) is 16.5 Å². The van der Waals surface area contributed by atoms with Crippen LogP contribution in [0.25, 0.3) is 10.9 Å². The lowest BCUT2D eigenvalue weighted by Gasteiger charge is -2.08. The molecule has 0 aliphatic rings. The number of nitrogens with two attached hydrogens (primary N) is 1. The van der Waals surface area contributed by atoms with E-state index in [-0.39, 0.29) is 0 Å². The summed E-state index contributed by atoms with van der Waals surface area (Å²) in [6.45, 7) is 4.49. The summed E-state index contributed by atoms with van der Waals surface area (Å²) in [4.78, 5) is 4.24. The third-order valence-corrected chi connectivity index (χ3v) is 3.63. The molecule has 0 unspecified atom stereocenters. The Kier molecular flexibility index (Phi) is 3.09. The van der Waals surface area contributed by atoms with Gasteiger partial charge in [-0.15, -0.1) is 0 Å². The van der Waals surface area contributed by atoms with Crippen molar-refractivity contribution in [1.29, 1.82) is 0 Å². The van der Waals surface area contributed by atoms with Gasteiger partial charge in [-0.25, -0.2) is 4.98 Å². The maximum atomic E-state index is 5.77. The van der Waals surface area contributed by atoms with Gasteiger partial charge in [0.05, 0.1) is 0 Å². The number of fused-ring (bicyclic) bond motifs is 1. The monoisotopic (exact) mass is 254 g/mol. The smallest absolute Gasteiger partial charge is 0.105 e. The minimum atomic E-state index is 0.585. The average Bonchev–Trinajstić information content (AvgIpc) is 3.02. The Balaban J connectivity index is 1.88. The highest BCUT2D eigenvalue weighted by Crippen LogP contribution is 2.20. The van der Waals surface area contributed by atoms with Gasteiger partial charge >= 0.3 is 0 Å². The van der Waals surface area contributed by atoms with Gasteiger partial charge in [0.2, 0.25) is 0 Å². The molecule has 0 amide bonds. The second-order valence-electron chi connectivity index (χ2n) is 4.73. The van der Waals surface area contributed by atoms with Crippen molar-refractivity contribution < 1.29 is 0 Å². The van der Waals surface area contributed by atoms with E-state index in [0.717, 1.165) is 18.9 Å². The predicted molar refractivity (Wildman–Crippen MR) is 76.8 cm³/mol. The molecular formula is C15H18N4. The Morgan fingerprint density at radius 1 is 1.11 bits per heavy atom. The first-order chi connectivity index (χ1) is 9.29. The van der Waals surface area contributed by atoms with Crippen LogP contribution in [0.4, 0.5) is 0 Å². The zero-order valence-electron chi connectivity index (χ0n) is 11.1. The molecule has 3 rings (SSSR count). The number of hydrogen-bond donors (Lipinski definition) is 1. The number of aromatic nitrogens is 3. The molecule has 0 aliphatic carbocycles. The summed E-state index contributed by atoms with van der Waals surface area (Å²) in [5.74, 6) is 1.05. The first-order valence-electron chi connectivity index (χ1n) is 6.54. The van der Waals surface area contributed by atoms with Gasteiger partial charge in [-0.2, -0.15) is 0 Å². The molecule has 2 aromatic heterocycles. The van der Waals surface area contributed by atoms with Crippen LogP contribution in [0.1, 0.15) is 11.4 Å². The number of nitrogens with zero attached hydrogens (tertiary/aromatic N) is 3. The van der Waals surface area contributed by atoms with E-state index in [4.69, 9.17) is 5.73 Å². The van der Waals surface area contributed by atoms with Crippen molar-refractivity contribution in [2.24, 2.45) is 5.73 Å². The summed E-state index contributed by atoms with van der Waals surface area (Å²) >= 11 is 0. The van der Waals surface area contributed by atoms with Crippen molar-refractivity contribution in [3.05, 3.63) is 54.2 Å². The lowest BCUT2D eigenvalue weighted by Crippen LogP contribution is -2.07. The normalized spacial score (nSPS) is 11.3. The maximum absolute atomic E-state index is 5.77. The fraction of sp³-hybridized carbons (Fsp3) is 0.267. The van der Waals surface area contributed by atoms with Crippen LogP contribution >= 0.6 is 0 Å². The zero-order valence-corrected chi connectivity index (χ0v) is 11.1. The van der Waals surface area contributed by atoms with Gasteiger partial charge in [0.15, 0.2) is 0 Å². The first kappa shape index (κ1) is 12.0. The van der Waals surface area contributed by atoms with Crippen LogP contribution in [0.15, 0.2) is 42.9 Å². The number of rotatable bonds is 4. The van der Waals surface area contributed by atoms with Gasteiger partial charge in [0.25, 0.3) is 0 Å². The standard InChI is InChI=1S/C15H18N4/c1-12-17-6-8-18(12)9-10-19-7-5-14-13(11-16)3-2-4-15(14)19/h2-8H,9-11,16H2,1H3. The Morgan fingerprint density at radius 3 is 2.68 bits per heavy atom. The third kappa shape index (κ3) is 2.15. The van der Waals surface area contributed by atoms with Gasteiger partial charge in [0.1, 0.15) is 5.82 Å². The Hall–Kier alpha value is -2.07. The topological polar surface area (TPSA) is 48.8 Å². The molecule has 3 aromatic rings. The molecule has 4 heteroatoms. The summed E-state index contributed by atoms with van der Waals surface area (Å²) in [5.41, 5.74) is 8.23. The van der Waals surface area contributed by atoms with Gasteiger partial charge in [0, 0.05) is 49.1 Å². The molecule has 0 atom stereocenters. The number of hydrogen-bond acceptors (Lipinski definition) is 2. The molecule has 0 saturated carbocycles. The van der Waals surface area contributed by atoms with E-state index >= 15 is 0 Å². The lowest BCUT2D eigenvalue weighted by molar-refractivity contribution is 0.580. The van der Waals surface area contributed by atoms with E-state index in [9.17, 15) is 0 Å². The SMILES string of the molecule is Cc1nccn1CCn1ccc2c(CN)cccc21. The first-order valence-corrected chi connectivity index (χ1v) is 6.54. The van der Waals surface area contributed by atoms with Crippen molar-refractivity contribution >= 4 is 10.9 Å². The second kappa shape index (κ2) is 4.90. The van der Waals surface area contributed by atoms with Crippen molar-refractivity contribution in [2.75, 3.05) is 0 Å². The average molecular weight is 254 g/mol. The molecule has 4 nitrogen and oxygen atoms in total. The summed E-state index contributed by atoms with van der Waals surface area (Å²) in [5, 5.41) is 1.26. The van der Waals surface area contributed by atoms with Crippen LogP contribution in [-0.2, 0) is 19.6 Å². The van der Waals surface area contributed by atoms with Gasteiger partial charge < -0.3 is 14.9 Å². The van der Waals surface area contributed by atoms with Crippen LogP contribution in [-0.4, -0.2) is 14.1 Å². The van der Waals surface area contributed by atoms with Crippen LogP contribution in [0.3, 0.4) is 0 Å². The molecule has 2 heterocycles. The van der Waals surface area contributed by atoms with Crippen molar-refractivity contribution in [2.45, 2.75) is 26.6 Å². The fourth-order valence-corrected chi connectivity index (χ4v) is 2.52. The number of benzene rings is 1. The summed E-state index contributed by atoms with van der Waals surface area (Å²) < 4.78 is 4.44. The van der Waals surface area contributed by atoms with E-state index in [0.29, 0.717) is 6.54 Å². The summed E-state index contributed by atoms with van der Waals surface area (Å²) in [6.07, 6.45) is 6.00. The Bertz CT molecular complexity index is 693. The highest BCUT2D eigenvalue weighted by molar-refractivity contribution is 5.83. The second-order valence-corrected chi connectivity index (χ2v) is 4.73. The van der Waals surface area contributed by atoms with E-state index in [2.05, 4.69) is 44.6 Å². The molecule has 2 N–H and O–H groups in total. The number of imidazole rings is 1. The molecular weight excluding hydrogens is 236 g/mol. The quantitative estimate of drug-likeness (QED) is 0.776. The van der Waals surface area contributed by atoms with Crippen molar-refractivity contribution in [3.63, 3.8) is 0 Å². The van der Waals surface area contributed by atoms with Crippen molar-refractivity contribution in [3.8, 4) is 0 Å². The van der Waals surface area contributed by atoms with Crippen LogP contribution in [0, 0.1) is 6.92 Å². The van der Waals surface area contributed by atoms with E-state index in [1.54, 1.807) is 0 Å². The van der Waals surface area contributed by atoms with Crippen molar-refractivity contribution in [1.82, 2.24) is 14.1 Å². The molecule has 1 aromatic carbocycles. The molecule has 0 radical (unpaired) electrons. The minimum Gasteiger partial charge on any atom is -0.346 e. The van der Waals surface area contributed by atoms with Gasteiger partial charge in [-0.1, -0.05) is 12.1 Å². The van der Waals surface area contributed by atoms with Crippen LogP contribution < -0.4 is 5.73 Å². The Labute approximate surface area is 112 Å². The van der Waals surface area contributed by atoms with E-state index in [1.807, 2.05) is 19.3 Å². The molecule has 0 bridgehead atoms. The number of aryl methyl sites for hydroxylation is 3. The maximum Gasteiger partial charge on any atom is 0.105 e. The summed E-state index contributed by atoms with van der Waals surface area (Å²) in [7, 11) is 0. The molecule has 0 spiro atoms. The van der Waals surface area contributed by atoms with Crippen LogP contribution in [0.5, 0.6) is 0 Å². The molecule has 19 heavy (non-hydrogen) atoms. The molecule has 98 valence electrons. The highest BCUT2D eigenvalue weighted by Gasteiger charge is 2.05. The Morgan fingerprint density at radius 2 is 1.95 bits per heavy atom. The third-order valence-electron chi connectivity index (χ3n) is 3.63.